The number of nitrogens with one attached hydrogen (secondary N) is 1. The molecule has 2 atom stereocenters. The van der Waals surface area contributed by atoms with Crippen LogP contribution in [-0.2, 0) is 10.2 Å². The highest BCUT2D eigenvalue weighted by molar-refractivity contribution is 7.99. The zero-order chi connectivity index (χ0) is 22.0. The van der Waals surface area contributed by atoms with Crippen LogP contribution < -0.4 is 10.5 Å². The first-order valence-electron chi connectivity index (χ1n) is 10.9. The Morgan fingerprint density at radius 1 is 1.03 bits per heavy atom. The molecule has 1 fully saturated rings. The number of rotatable bonds is 5. The standard InChI is InChI=1S/C26H37N3S/c1-24(2,3)20-12-14-21(15-13-20)26(6)25(4,5)18-23(29-30-26)28-22(16-17-27)19-10-8-7-9-11-19/h7-15,22H,16-18,27H2,1-6H3,(H,28,29)/t22-,26?/m0/s1. The van der Waals surface area contributed by atoms with Crippen molar-refractivity contribution in [2.24, 2.45) is 16.1 Å². The molecule has 0 spiro atoms. The Hall–Kier alpha value is -1.78. The van der Waals surface area contributed by atoms with Crippen LogP contribution >= 0.6 is 11.9 Å². The Balaban J connectivity index is 1.84. The third-order valence-corrected chi connectivity index (χ3v) is 8.05. The highest BCUT2D eigenvalue weighted by Crippen LogP contribution is 2.53. The zero-order valence-electron chi connectivity index (χ0n) is 19.3. The van der Waals surface area contributed by atoms with Crippen LogP contribution in [0.1, 0.15) is 77.1 Å². The Kier molecular flexibility index (Phi) is 6.69. The minimum Gasteiger partial charge on any atom is -0.330 e. The summed E-state index contributed by atoms with van der Waals surface area (Å²) in [6.45, 7) is 14.5. The average molecular weight is 424 g/mol. The summed E-state index contributed by atoms with van der Waals surface area (Å²) in [5.74, 6) is 1.07. The molecule has 0 radical (unpaired) electrons. The summed E-state index contributed by atoms with van der Waals surface area (Å²) < 4.78 is 3.55. The van der Waals surface area contributed by atoms with E-state index in [1.165, 1.54) is 16.7 Å². The molecule has 1 saturated heterocycles. The lowest BCUT2D eigenvalue weighted by Gasteiger charge is -2.48. The van der Waals surface area contributed by atoms with E-state index < -0.39 is 0 Å². The lowest BCUT2D eigenvalue weighted by molar-refractivity contribution is 0.273. The van der Waals surface area contributed by atoms with Gasteiger partial charge in [-0.3, -0.25) is 4.99 Å². The second-order valence-electron chi connectivity index (χ2n) is 10.2. The minimum atomic E-state index is -0.0431. The van der Waals surface area contributed by atoms with Gasteiger partial charge < -0.3 is 10.5 Å². The smallest absolute Gasteiger partial charge is 0.108 e. The maximum absolute atomic E-state index is 5.89. The first-order valence-corrected chi connectivity index (χ1v) is 11.8. The molecule has 4 heteroatoms. The van der Waals surface area contributed by atoms with E-state index in [9.17, 15) is 0 Å². The van der Waals surface area contributed by atoms with E-state index in [0.717, 1.165) is 18.7 Å². The molecular formula is C26H37N3S. The second-order valence-corrected chi connectivity index (χ2v) is 11.4. The maximum atomic E-state index is 5.89. The maximum Gasteiger partial charge on any atom is 0.108 e. The Morgan fingerprint density at radius 3 is 2.20 bits per heavy atom. The van der Waals surface area contributed by atoms with Gasteiger partial charge in [-0.2, -0.15) is 0 Å². The molecule has 0 aromatic heterocycles. The van der Waals surface area contributed by atoms with Crippen LogP contribution in [0.5, 0.6) is 0 Å². The highest BCUT2D eigenvalue weighted by Gasteiger charge is 2.47. The van der Waals surface area contributed by atoms with Crippen LogP contribution in [0, 0.1) is 5.41 Å². The monoisotopic (exact) mass is 423 g/mol. The summed E-state index contributed by atoms with van der Waals surface area (Å²) in [7, 11) is 0. The first kappa shape index (κ1) is 22.9. The molecule has 0 bridgehead atoms. The second kappa shape index (κ2) is 8.76. The van der Waals surface area contributed by atoms with Gasteiger partial charge >= 0.3 is 0 Å². The predicted octanol–water partition coefficient (Wildman–Crippen LogP) is 6.36. The molecule has 1 unspecified atom stereocenters. The van der Waals surface area contributed by atoms with E-state index in [0.29, 0.717) is 6.54 Å². The summed E-state index contributed by atoms with van der Waals surface area (Å²) in [4.78, 5) is 5.10. The summed E-state index contributed by atoms with van der Waals surface area (Å²) in [5.41, 5.74) is 10.1. The molecule has 0 amide bonds. The molecule has 0 aliphatic carbocycles. The average Bonchev–Trinajstić information content (AvgIpc) is 2.70. The van der Waals surface area contributed by atoms with Gasteiger partial charge in [-0.15, -0.1) is 0 Å². The van der Waals surface area contributed by atoms with Crippen LogP contribution in [-0.4, -0.2) is 12.4 Å². The largest absolute Gasteiger partial charge is 0.330 e. The van der Waals surface area contributed by atoms with Gasteiger partial charge in [-0.1, -0.05) is 89.2 Å². The number of nitrogens with zero attached hydrogens (tertiary/aromatic N) is 1. The Morgan fingerprint density at radius 2 is 1.67 bits per heavy atom. The fraction of sp³-hybridized carbons (Fsp3) is 0.500. The molecule has 2 aromatic rings. The van der Waals surface area contributed by atoms with Crippen LogP contribution in [0.25, 0.3) is 0 Å². The number of aliphatic imine (C=N–C) groups is 1. The topological polar surface area (TPSA) is 50.4 Å². The van der Waals surface area contributed by atoms with Gasteiger partial charge in [-0.05, 0) is 59.4 Å². The van der Waals surface area contributed by atoms with Gasteiger partial charge in [0, 0.05) is 6.42 Å². The quantitative estimate of drug-likeness (QED) is 0.550. The molecule has 3 rings (SSSR count). The van der Waals surface area contributed by atoms with E-state index in [2.05, 4.69) is 94.8 Å². The molecule has 3 nitrogen and oxygen atoms in total. The number of hydrogen-bond acceptors (Lipinski definition) is 3. The summed E-state index contributed by atoms with van der Waals surface area (Å²) in [6.07, 6.45) is 1.76. The number of nitrogens with two attached hydrogens (primary N) is 1. The summed E-state index contributed by atoms with van der Waals surface area (Å²) in [6, 6.07) is 19.8. The summed E-state index contributed by atoms with van der Waals surface area (Å²) in [5, 5.41) is 0. The molecule has 2 aromatic carbocycles. The van der Waals surface area contributed by atoms with Gasteiger partial charge in [0.2, 0.25) is 0 Å². The SMILES string of the molecule is CC(C)(C)c1ccc(C2(C)SNC(=N[C@@H](CCN)c3ccccc3)CC2(C)C)cc1. The number of hydrogen-bond donors (Lipinski definition) is 2. The molecule has 1 aliphatic rings. The minimum absolute atomic E-state index is 0.0431. The first-order chi connectivity index (χ1) is 14.1. The number of amidine groups is 1. The molecular weight excluding hydrogens is 386 g/mol. The van der Waals surface area contributed by atoms with E-state index in [4.69, 9.17) is 10.7 Å². The molecule has 162 valence electrons. The highest BCUT2D eigenvalue weighted by atomic mass is 32.2. The Labute approximate surface area is 187 Å². The van der Waals surface area contributed by atoms with Crippen molar-refractivity contribution in [1.82, 2.24) is 4.72 Å². The van der Waals surface area contributed by atoms with Crippen molar-refractivity contribution in [3.63, 3.8) is 0 Å². The number of benzene rings is 2. The van der Waals surface area contributed by atoms with Gasteiger partial charge in [0.15, 0.2) is 0 Å². The molecule has 30 heavy (non-hydrogen) atoms. The molecule has 1 heterocycles. The van der Waals surface area contributed by atoms with Gasteiger partial charge in [0.1, 0.15) is 5.84 Å². The van der Waals surface area contributed by atoms with Gasteiger partial charge in [0.25, 0.3) is 0 Å². The Bertz CT molecular complexity index is 865. The predicted molar refractivity (Wildman–Crippen MR) is 132 cm³/mol. The summed E-state index contributed by atoms with van der Waals surface area (Å²) >= 11 is 1.79. The van der Waals surface area contributed by atoms with Crippen molar-refractivity contribution in [1.29, 1.82) is 0 Å². The van der Waals surface area contributed by atoms with Crippen molar-refractivity contribution in [2.75, 3.05) is 6.54 Å². The van der Waals surface area contributed by atoms with Crippen molar-refractivity contribution in [2.45, 2.75) is 70.6 Å². The van der Waals surface area contributed by atoms with Crippen LogP contribution in [0.15, 0.2) is 59.6 Å². The fourth-order valence-electron chi connectivity index (χ4n) is 4.06. The third kappa shape index (κ3) is 4.76. The van der Waals surface area contributed by atoms with E-state index in [-0.39, 0.29) is 21.6 Å². The van der Waals surface area contributed by atoms with E-state index in [1.807, 2.05) is 6.07 Å². The van der Waals surface area contributed by atoms with Crippen molar-refractivity contribution in [3.05, 3.63) is 71.3 Å². The van der Waals surface area contributed by atoms with E-state index >= 15 is 0 Å². The van der Waals surface area contributed by atoms with Gasteiger partial charge in [-0.25, -0.2) is 0 Å². The van der Waals surface area contributed by atoms with Crippen LogP contribution in [0.2, 0.25) is 0 Å². The van der Waals surface area contributed by atoms with Crippen molar-refractivity contribution >= 4 is 17.8 Å². The lowest BCUT2D eigenvalue weighted by atomic mass is 9.72. The lowest BCUT2D eigenvalue weighted by Crippen LogP contribution is -2.47. The van der Waals surface area contributed by atoms with Crippen LogP contribution in [0.4, 0.5) is 0 Å². The van der Waals surface area contributed by atoms with Crippen LogP contribution in [0.3, 0.4) is 0 Å². The fourth-order valence-corrected chi connectivity index (χ4v) is 5.11. The zero-order valence-corrected chi connectivity index (χ0v) is 20.1. The molecule has 0 saturated carbocycles. The van der Waals surface area contributed by atoms with E-state index in [1.54, 1.807) is 11.9 Å². The molecule has 3 N–H and O–H groups in total. The van der Waals surface area contributed by atoms with Gasteiger partial charge in [0.05, 0.1) is 10.8 Å². The third-order valence-electron chi connectivity index (χ3n) is 6.51. The normalized spacial score (nSPS) is 23.8. The van der Waals surface area contributed by atoms with Crippen molar-refractivity contribution < 1.29 is 0 Å². The van der Waals surface area contributed by atoms with Crippen molar-refractivity contribution in [3.8, 4) is 0 Å². The molecule has 1 aliphatic heterocycles.